The number of carboxylic acids is 1. The molecule has 0 aliphatic carbocycles. The fourth-order valence-corrected chi connectivity index (χ4v) is 2.19. The van der Waals surface area contributed by atoms with Gasteiger partial charge in [0, 0.05) is 22.4 Å². The number of aromatic nitrogens is 1. The lowest BCUT2D eigenvalue weighted by atomic mass is 10.1. The van der Waals surface area contributed by atoms with Gasteiger partial charge in [0.1, 0.15) is 12.2 Å². The van der Waals surface area contributed by atoms with Crippen LogP contribution in [0.2, 0.25) is 0 Å². The number of esters is 1. The van der Waals surface area contributed by atoms with Crippen molar-refractivity contribution in [1.82, 2.24) is 4.98 Å². The zero-order chi connectivity index (χ0) is 14.1. The first-order valence-corrected chi connectivity index (χ1v) is 6.06. The van der Waals surface area contributed by atoms with Crippen molar-refractivity contribution in [3.8, 4) is 5.75 Å². The Hall–Kier alpha value is -2.82. The van der Waals surface area contributed by atoms with Crippen LogP contribution in [0, 0.1) is 0 Å². The molecule has 100 valence electrons. The Labute approximate surface area is 113 Å². The van der Waals surface area contributed by atoms with E-state index in [2.05, 4.69) is 4.98 Å². The Balaban J connectivity index is 1.96. The van der Waals surface area contributed by atoms with Crippen LogP contribution in [0.5, 0.6) is 5.75 Å². The minimum absolute atomic E-state index is 0.329. The first-order chi connectivity index (χ1) is 9.63. The van der Waals surface area contributed by atoms with Gasteiger partial charge in [-0.15, -0.1) is 0 Å². The molecule has 0 unspecified atom stereocenters. The molecule has 20 heavy (non-hydrogen) atoms. The number of para-hydroxylation sites is 1. The smallest absolute Gasteiger partial charge is 0.322 e. The molecule has 1 aromatic heterocycles. The second kappa shape index (κ2) is 4.70. The molecule has 0 amide bonds. The number of aliphatic carboxylic acids is 1. The van der Waals surface area contributed by atoms with Crippen LogP contribution in [0.4, 0.5) is 0 Å². The molecule has 1 heterocycles. The van der Waals surface area contributed by atoms with Crippen molar-refractivity contribution in [3.05, 3.63) is 42.5 Å². The number of hydrogen-bond acceptors (Lipinski definition) is 3. The Morgan fingerprint density at radius 1 is 1.05 bits per heavy atom. The molecule has 0 saturated heterocycles. The van der Waals surface area contributed by atoms with Gasteiger partial charge in [-0.1, -0.05) is 18.2 Å². The summed E-state index contributed by atoms with van der Waals surface area (Å²) >= 11 is 0. The van der Waals surface area contributed by atoms with Crippen molar-refractivity contribution < 1.29 is 19.4 Å². The summed E-state index contributed by atoms with van der Waals surface area (Å²) in [6.07, 6.45) is -0.648. The van der Waals surface area contributed by atoms with Crippen molar-refractivity contribution in [3.63, 3.8) is 0 Å². The molecule has 0 aliphatic rings. The molecule has 5 heteroatoms. The fraction of sp³-hybridized carbons (Fsp3) is 0.0667. The molecule has 2 N–H and O–H groups in total. The van der Waals surface area contributed by atoms with Crippen molar-refractivity contribution in [1.29, 1.82) is 0 Å². The van der Waals surface area contributed by atoms with E-state index in [1.165, 1.54) is 0 Å². The monoisotopic (exact) mass is 269 g/mol. The number of nitrogens with one attached hydrogen (secondary N) is 1. The maximum absolute atomic E-state index is 11.3. The lowest BCUT2D eigenvalue weighted by Crippen LogP contribution is -2.13. The largest absolute Gasteiger partial charge is 0.481 e. The summed E-state index contributed by atoms with van der Waals surface area (Å²) in [5.41, 5.74) is 1.84. The summed E-state index contributed by atoms with van der Waals surface area (Å²) in [6.45, 7) is 0. The topological polar surface area (TPSA) is 79.4 Å². The highest BCUT2D eigenvalue weighted by Gasteiger charge is 2.11. The highest BCUT2D eigenvalue weighted by molar-refractivity contribution is 6.07. The van der Waals surface area contributed by atoms with Crippen LogP contribution in [0.3, 0.4) is 0 Å². The number of carbonyl (C=O) groups excluding carboxylic acids is 1. The number of H-pyrrole nitrogens is 1. The van der Waals surface area contributed by atoms with E-state index >= 15 is 0 Å². The first kappa shape index (κ1) is 12.2. The van der Waals surface area contributed by atoms with Crippen LogP contribution in [0.25, 0.3) is 21.8 Å². The number of hydrogen-bond donors (Lipinski definition) is 2. The van der Waals surface area contributed by atoms with Gasteiger partial charge in [0.25, 0.3) is 0 Å². The number of fused-ring (bicyclic) bond motifs is 3. The van der Waals surface area contributed by atoms with Gasteiger partial charge in [0.05, 0.1) is 5.52 Å². The van der Waals surface area contributed by atoms with Gasteiger partial charge in [0.2, 0.25) is 0 Å². The summed E-state index contributed by atoms with van der Waals surface area (Å²) in [5.74, 6) is -1.66. The van der Waals surface area contributed by atoms with E-state index in [1.54, 1.807) is 12.1 Å². The average Bonchev–Trinajstić information content (AvgIpc) is 2.75. The molecule has 2 aromatic carbocycles. The lowest BCUT2D eigenvalue weighted by molar-refractivity contribution is -0.145. The summed E-state index contributed by atoms with van der Waals surface area (Å²) < 4.78 is 4.99. The van der Waals surface area contributed by atoms with Crippen LogP contribution in [0.1, 0.15) is 6.42 Å². The third kappa shape index (κ3) is 2.21. The Kier molecular flexibility index (Phi) is 2.87. The van der Waals surface area contributed by atoms with E-state index in [-0.39, 0.29) is 0 Å². The van der Waals surface area contributed by atoms with Crippen molar-refractivity contribution in [2.45, 2.75) is 6.42 Å². The Morgan fingerprint density at radius 2 is 1.80 bits per heavy atom. The number of carbonyl (C=O) groups is 2. The molecule has 0 radical (unpaired) electrons. The van der Waals surface area contributed by atoms with Gasteiger partial charge in [0.15, 0.2) is 0 Å². The van der Waals surface area contributed by atoms with E-state index < -0.39 is 18.4 Å². The molecule has 5 nitrogen and oxygen atoms in total. The molecular weight excluding hydrogens is 258 g/mol. The van der Waals surface area contributed by atoms with Gasteiger partial charge in [-0.2, -0.15) is 0 Å². The molecule has 0 fully saturated rings. The van der Waals surface area contributed by atoms with Gasteiger partial charge in [-0.05, 0) is 18.2 Å². The quantitative estimate of drug-likeness (QED) is 0.435. The number of carboxylic acid groups (broad SMARTS) is 1. The normalized spacial score (nSPS) is 10.8. The predicted octanol–water partition coefficient (Wildman–Crippen LogP) is 2.70. The molecular formula is C15H11NO4. The van der Waals surface area contributed by atoms with Crippen molar-refractivity contribution in [2.75, 3.05) is 0 Å². The summed E-state index contributed by atoms with van der Waals surface area (Å²) in [6, 6.07) is 13.0. The number of benzene rings is 2. The average molecular weight is 269 g/mol. The Bertz CT molecular complexity index is 819. The number of rotatable bonds is 3. The minimum Gasteiger partial charge on any atom is -0.481 e. The number of aromatic amines is 1. The Morgan fingerprint density at radius 3 is 2.60 bits per heavy atom. The molecule has 0 saturated carbocycles. The predicted molar refractivity (Wildman–Crippen MR) is 73.7 cm³/mol. The molecule has 0 aliphatic heterocycles. The van der Waals surface area contributed by atoms with E-state index in [0.29, 0.717) is 5.75 Å². The fourth-order valence-electron chi connectivity index (χ4n) is 2.19. The minimum atomic E-state index is -1.21. The first-order valence-electron chi connectivity index (χ1n) is 6.06. The van der Waals surface area contributed by atoms with Crippen LogP contribution >= 0.6 is 0 Å². The highest BCUT2D eigenvalue weighted by atomic mass is 16.5. The molecule has 3 aromatic rings. The van der Waals surface area contributed by atoms with Crippen LogP contribution in [0.15, 0.2) is 42.5 Å². The van der Waals surface area contributed by atoms with Crippen LogP contribution < -0.4 is 4.74 Å². The summed E-state index contributed by atoms with van der Waals surface area (Å²) in [5, 5.41) is 10.6. The number of ether oxygens (including phenoxy) is 1. The molecule has 0 spiro atoms. The maximum atomic E-state index is 11.3. The van der Waals surface area contributed by atoms with Gasteiger partial charge >= 0.3 is 11.9 Å². The van der Waals surface area contributed by atoms with E-state index in [9.17, 15) is 9.59 Å². The standard InChI is InChI=1S/C15H11NO4/c17-14(18)8-15(19)20-9-5-6-11-10-3-1-2-4-12(10)16-13(11)7-9/h1-7,16H,8H2,(H,17,18). The van der Waals surface area contributed by atoms with Crippen LogP contribution in [-0.2, 0) is 9.59 Å². The van der Waals surface area contributed by atoms with E-state index in [1.807, 2.05) is 30.3 Å². The van der Waals surface area contributed by atoms with Gasteiger partial charge in [-0.25, -0.2) is 0 Å². The van der Waals surface area contributed by atoms with Gasteiger partial charge in [-0.3, -0.25) is 9.59 Å². The van der Waals surface area contributed by atoms with Gasteiger partial charge < -0.3 is 14.8 Å². The third-order valence-corrected chi connectivity index (χ3v) is 3.00. The van der Waals surface area contributed by atoms with Crippen molar-refractivity contribution >= 4 is 33.7 Å². The zero-order valence-corrected chi connectivity index (χ0v) is 10.4. The summed E-state index contributed by atoms with van der Waals surface area (Å²) in [7, 11) is 0. The SMILES string of the molecule is O=C(O)CC(=O)Oc1ccc2c(c1)[nH]c1ccccc12. The van der Waals surface area contributed by atoms with Crippen molar-refractivity contribution in [2.24, 2.45) is 0 Å². The molecule has 3 rings (SSSR count). The molecule has 0 atom stereocenters. The summed E-state index contributed by atoms with van der Waals surface area (Å²) in [4.78, 5) is 25.0. The lowest BCUT2D eigenvalue weighted by Gasteiger charge is -2.02. The van der Waals surface area contributed by atoms with E-state index in [0.717, 1.165) is 21.8 Å². The van der Waals surface area contributed by atoms with Crippen LogP contribution in [-0.4, -0.2) is 22.0 Å². The maximum Gasteiger partial charge on any atom is 0.322 e. The zero-order valence-electron chi connectivity index (χ0n) is 10.4. The van der Waals surface area contributed by atoms with E-state index in [4.69, 9.17) is 9.84 Å². The second-order valence-electron chi connectivity index (χ2n) is 4.42. The second-order valence-corrected chi connectivity index (χ2v) is 4.42. The molecule has 0 bridgehead atoms. The highest BCUT2D eigenvalue weighted by Crippen LogP contribution is 2.28. The third-order valence-electron chi connectivity index (χ3n) is 3.00.